The molecule has 0 atom stereocenters. The molecule has 7 nitrogen and oxygen atoms in total. The van der Waals surface area contributed by atoms with Crippen LogP contribution in [0.15, 0.2) is 63.9 Å². The molecule has 0 aliphatic heterocycles. The summed E-state index contributed by atoms with van der Waals surface area (Å²) in [7, 11) is 3.20. The van der Waals surface area contributed by atoms with Crippen LogP contribution in [0.3, 0.4) is 0 Å². The number of thioether (sulfide) groups is 1. The second-order valence-corrected chi connectivity index (χ2v) is 9.84. The van der Waals surface area contributed by atoms with E-state index < -0.39 is 0 Å². The second kappa shape index (κ2) is 11.4. The average Bonchev–Trinajstić information content (AvgIpc) is 3.34. The molecule has 1 amide bonds. The molecule has 0 saturated carbocycles. The zero-order chi connectivity index (χ0) is 24.8. The van der Waals surface area contributed by atoms with Gasteiger partial charge in [-0.25, -0.2) is 4.98 Å². The summed E-state index contributed by atoms with van der Waals surface area (Å²) in [6.45, 7) is 2.92. The van der Waals surface area contributed by atoms with E-state index in [2.05, 4.69) is 10.3 Å². The van der Waals surface area contributed by atoms with Crippen LogP contribution in [0.5, 0.6) is 11.5 Å². The molecule has 0 saturated heterocycles. The Labute approximate surface area is 212 Å². The van der Waals surface area contributed by atoms with Crippen LogP contribution in [0.2, 0.25) is 0 Å². The third kappa shape index (κ3) is 6.04. The summed E-state index contributed by atoms with van der Waals surface area (Å²) in [6.07, 6.45) is 0.661. The van der Waals surface area contributed by atoms with E-state index in [1.54, 1.807) is 18.8 Å². The largest absolute Gasteiger partial charge is 0.493 e. The van der Waals surface area contributed by atoms with E-state index >= 15 is 0 Å². The quantitative estimate of drug-likeness (QED) is 0.254. The van der Waals surface area contributed by atoms with Gasteiger partial charge in [0.2, 0.25) is 5.91 Å². The molecule has 0 radical (unpaired) electrons. The fourth-order valence-corrected chi connectivity index (χ4v) is 5.22. The summed E-state index contributed by atoms with van der Waals surface area (Å²) in [5, 5.41) is 5.35. The van der Waals surface area contributed by atoms with E-state index in [1.807, 2.05) is 60.8 Å². The minimum absolute atomic E-state index is 0.0815. The summed E-state index contributed by atoms with van der Waals surface area (Å²) in [5.74, 6) is 1.39. The SMILES string of the molecule is COc1ccc(CCNC(=O)CSc2nc3ccsc3c(=O)n2Cc2ccc(C)cc2)cc1OC. The maximum Gasteiger partial charge on any atom is 0.272 e. The predicted molar refractivity (Wildman–Crippen MR) is 141 cm³/mol. The number of aromatic nitrogens is 2. The molecule has 1 N–H and O–H groups in total. The first-order valence-corrected chi connectivity index (χ1v) is 13.0. The molecule has 0 spiro atoms. The lowest BCUT2D eigenvalue weighted by atomic mass is 10.1. The van der Waals surface area contributed by atoms with Gasteiger partial charge in [0.1, 0.15) is 4.70 Å². The van der Waals surface area contributed by atoms with Gasteiger partial charge in [-0.05, 0) is 48.1 Å². The maximum atomic E-state index is 13.2. The molecule has 0 bridgehead atoms. The van der Waals surface area contributed by atoms with Crippen LogP contribution in [0.1, 0.15) is 16.7 Å². The van der Waals surface area contributed by atoms with Gasteiger partial charge in [0, 0.05) is 6.54 Å². The number of carbonyl (C=O) groups is 1. The first-order chi connectivity index (χ1) is 17.0. The number of hydrogen-bond donors (Lipinski definition) is 1. The number of methoxy groups -OCH3 is 2. The fourth-order valence-electron chi connectivity index (χ4n) is 3.61. The van der Waals surface area contributed by atoms with Gasteiger partial charge in [-0.15, -0.1) is 11.3 Å². The van der Waals surface area contributed by atoms with Gasteiger partial charge in [0.05, 0.1) is 32.0 Å². The Bertz CT molecular complexity index is 1380. The Balaban J connectivity index is 1.41. The van der Waals surface area contributed by atoms with Crippen molar-refractivity contribution in [1.82, 2.24) is 14.9 Å². The van der Waals surface area contributed by atoms with E-state index in [-0.39, 0.29) is 17.2 Å². The van der Waals surface area contributed by atoms with Crippen molar-refractivity contribution in [1.29, 1.82) is 0 Å². The fraction of sp³-hybridized carbons (Fsp3) is 0.269. The molecule has 2 heterocycles. The van der Waals surface area contributed by atoms with E-state index in [1.165, 1.54) is 23.1 Å². The number of nitrogens with zero attached hydrogens (tertiary/aromatic N) is 2. The van der Waals surface area contributed by atoms with Crippen molar-refractivity contribution in [3.63, 3.8) is 0 Å². The molecular formula is C26H27N3O4S2. The molecule has 2 aromatic carbocycles. The number of amides is 1. The molecule has 0 fully saturated rings. The Morgan fingerprint density at radius 2 is 1.80 bits per heavy atom. The molecule has 35 heavy (non-hydrogen) atoms. The number of ether oxygens (including phenoxy) is 2. The summed E-state index contributed by atoms with van der Waals surface area (Å²) < 4.78 is 12.9. The van der Waals surface area contributed by atoms with Gasteiger partial charge in [0.15, 0.2) is 16.7 Å². The molecule has 0 unspecified atom stereocenters. The lowest BCUT2D eigenvalue weighted by molar-refractivity contribution is -0.118. The van der Waals surface area contributed by atoms with E-state index in [9.17, 15) is 9.59 Å². The number of nitrogens with one attached hydrogen (secondary N) is 1. The first-order valence-electron chi connectivity index (χ1n) is 11.1. The monoisotopic (exact) mass is 509 g/mol. The highest BCUT2D eigenvalue weighted by molar-refractivity contribution is 7.99. The molecule has 0 aliphatic rings. The van der Waals surface area contributed by atoms with E-state index in [0.717, 1.165) is 16.7 Å². The summed E-state index contributed by atoms with van der Waals surface area (Å²) in [6, 6.07) is 15.6. The summed E-state index contributed by atoms with van der Waals surface area (Å²) in [4.78, 5) is 30.4. The highest BCUT2D eigenvalue weighted by Crippen LogP contribution is 2.27. The number of thiophene rings is 1. The second-order valence-electron chi connectivity index (χ2n) is 7.98. The van der Waals surface area contributed by atoms with Crippen LogP contribution in [-0.4, -0.2) is 42.0 Å². The predicted octanol–water partition coefficient (Wildman–Crippen LogP) is 4.28. The molecule has 4 rings (SSSR count). The maximum absolute atomic E-state index is 13.2. The number of hydrogen-bond acceptors (Lipinski definition) is 7. The highest BCUT2D eigenvalue weighted by atomic mass is 32.2. The summed E-state index contributed by atoms with van der Waals surface area (Å²) in [5.41, 5.74) is 3.79. The zero-order valence-electron chi connectivity index (χ0n) is 19.9. The first kappa shape index (κ1) is 24.8. The van der Waals surface area contributed by atoms with E-state index in [0.29, 0.717) is 46.4 Å². The van der Waals surface area contributed by atoms with Crippen molar-refractivity contribution in [2.24, 2.45) is 0 Å². The van der Waals surface area contributed by atoms with E-state index in [4.69, 9.17) is 9.47 Å². The normalized spacial score (nSPS) is 10.9. The molecule has 9 heteroatoms. The number of aryl methyl sites for hydroxylation is 1. The van der Waals surface area contributed by atoms with Crippen molar-refractivity contribution >= 4 is 39.2 Å². The van der Waals surface area contributed by atoms with Crippen LogP contribution in [0.4, 0.5) is 0 Å². The van der Waals surface area contributed by atoms with Gasteiger partial charge in [0.25, 0.3) is 5.56 Å². The van der Waals surface area contributed by atoms with Crippen LogP contribution >= 0.6 is 23.1 Å². The van der Waals surface area contributed by atoms with Gasteiger partial charge >= 0.3 is 0 Å². The smallest absolute Gasteiger partial charge is 0.272 e. The van der Waals surface area contributed by atoms with Gasteiger partial charge < -0.3 is 14.8 Å². The molecule has 182 valence electrons. The molecule has 0 aliphatic carbocycles. The number of carbonyl (C=O) groups excluding carboxylic acids is 1. The third-order valence-corrected chi connectivity index (χ3v) is 7.38. The molecule has 2 aromatic heterocycles. The number of benzene rings is 2. The van der Waals surface area contributed by atoms with Gasteiger partial charge in [-0.2, -0.15) is 0 Å². The standard InChI is InChI=1S/C26H27N3O4S2/c1-17-4-6-19(7-5-17)15-29-25(31)24-20(11-13-34-24)28-26(29)35-16-23(30)27-12-10-18-8-9-21(32-2)22(14-18)33-3/h4-9,11,13-14H,10,12,15-16H2,1-3H3,(H,27,30). The molecule has 4 aromatic rings. The Morgan fingerprint density at radius 3 is 2.54 bits per heavy atom. The summed E-state index contributed by atoms with van der Waals surface area (Å²) >= 11 is 2.66. The van der Waals surface area contributed by atoms with Crippen molar-refractivity contribution in [2.75, 3.05) is 26.5 Å². The minimum Gasteiger partial charge on any atom is -0.493 e. The van der Waals surface area contributed by atoms with Crippen LogP contribution in [-0.2, 0) is 17.8 Å². The van der Waals surface area contributed by atoms with Crippen molar-refractivity contribution in [2.45, 2.75) is 25.0 Å². The topological polar surface area (TPSA) is 82.5 Å². The zero-order valence-corrected chi connectivity index (χ0v) is 21.5. The lowest BCUT2D eigenvalue weighted by Crippen LogP contribution is -2.28. The highest BCUT2D eigenvalue weighted by Gasteiger charge is 2.15. The van der Waals surface area contributed by atoms with Crippen molar-refractivity contribution in [3.8, 4) is 11.5 Å². The average molecular weight is 510 g/mol. The molecular weight excluding hydrogens is 482 g/mol. The van der Waals surface area contributed by atoms with Crippen LogP contribution in [0, 0.1) is 6.92 Å². The van der Waals surface area contributed by atoms with Crippen LogP contribution in [0.25, 0.3) is 10.2 Å². The van der Waals surface area contributed by atoms with Gasteiger partial charge in [-0.3, -0.25) is 14.2 Å². The van der Waals surface area contributed by atoms with Gasteiger partial charge in [-0.1, -0.05) is 47.7 Å². The third-order valence-electron chi connectivity index (χ3n) is 5.51. The van der Waals surface area contributed by atoms with Crippen molar-refractivity contribution < 1.29 is 14.3 Å². The van der Waals surface area contributed by atoms with Crippen LogP contribution < -0.4 is 20.3 Å². The number of rotatable bonds is 10. The Kier molecular flexibility index (Phi) is 8.09. The van der Waals surface area contributed by atoms with Crippen molar-refractivity contribution in [3.05, 3.63) is 81.0 Å². The Hall–Kier alpha value is -3.30. The number of fused-ring (bicyclic) bond motifs is 1. The Morgan fingerprint density at radius 1 is 1.06 bits per heavy atom. The lowest BCUT2D eigenvalue weighted by Gasteiger charge is -2.13. The minimum atomic E-state index is -0.114.